The largest absolute Gasteiger partial charge is 0.354 e. The molecule has 2 amide bonds. The predicted octanol–water partition coefficient (Wildman–Crippen LogP) is 4.55. The minimum atomic E-state index is -0.550. The summed E-state index contributed by atoms with van der Waals surface area (Å²) in [7, 11) is 0. The van der Waals surface area contributed by atoms with Gasteiger partial charge in [-0.1, -0.05) is 57.0 Å². The SMILES string of the molecule is C.N[C@@H](C(=O)Nc1cc2c3c(c(-c4ccccc4)[nH]c3c1)C=NNC2=O)C1CCCCC1.[3H]F. The molecule has 174 valence electrons. The first-order valence-corrected chi connectivity index (χ1v) is 10.8. The van der Waals surface area contributed by atoms with Gasteiger partial charge >= 0.3 is 0 Å². The molecule has 1 saturated carbocycles. The molecule has 8 heteroatoms. The molecular formula is C25H30FN5O2. The Morgan fingerprint density at radius 1 is 1.18 bits per heavy atom. The fraction of sp³-hybridized carbons (Fsp3) is 0.320. The molecule has 5 rings (SSSR count). The van der Waals surface area contributed by atoms with Crippen LogP contribution >= 0.6 is 0 Å². The molecule has 1 aliphatic heterocycles. The number of halogens is 1. The molecule has 1 aromatic heterocycles. The first-order chi connectivity index (χ1) is 16.1. The highest BCUT2D eigenvalue weighted by molar-refractivity contribution is 6.18. The van der Waals surface area contributed by atoms with E-state index >= 15 is 0 Å². The van der Waals surface area contributed by atoms with Gasteiger partial charge in [-0.3, -0.25) is 14.3 Å². The molecule has 2 aromatic carbocycles. The Bertz CT molecular complexity index is 1190. The normalized spacial score (nSPS) is 16.4. The topological polar surface area (TPSA) is 112 Å². The number of rotatable bonds is 4. The van der Waals surface area contributed by atoms with Gasteiger partial charge in [0, 0.05) is 22.2 Å². The van der Waals surface area contributed by atoms with E-state index < -0.39 is 6.04 Å². The summed E-state index contributed by atoms with van der Waals surface area (Å²) in [5.74, 6) is -0.317. The molecule has 1 aliphatic carbocycles. The molecule has 0 unspecified atom stereocenters. The number of hydrogen-bond acceptors (Lipinski definition) is 4. The van der Waals surface area contributed by atoms with Gasteiger partial charge in [0.05, 0.1) is 23.5 Å². The van der Waals surface area contributed by atoms with E-state index in [1.165, 1.54) is 6.42 Å². The summed E-state index contributed by atoms with van der Waals surface area (Å²) in [6, 6.07) is 12.9. The molecule has 0 saturated heterocycles. The Hall–Kier alpha value is -3.52. The van der Waals surface area contributed by atoms with Crippen molar-refractivity contribution >= 4 is 34.6 Å². The van der Waals surface area contributed by atoms with Crippen molar-refractivity contribution in [3.8, 4) is 11.3 Å². The number of nitrogens with one attached hydrogen (secondary N) is 3. The Kier molecular flexibility index (Phi) is 6.84. The summed E-state index contributed by atoms with van der Waals surface area (Å²) < 4.78 is 13.0. The highest BCUT2D eigenvalue weighted by atomic mass is 19.0. The zero-order chi connectivity index (χ0) is 23.4. The van der Waals surface area contributed by atoms with Crippen LogP contribution in [0.15, 0.2) is 47.6 Å². The number of aromatic nitrogens is 1. The Morgan fingerprint density at radius 2 is 1.91 bits per heavy atom. The van der Waals surface area contributed by atoms with Gasteiger partial charge in [0.1, 0.15) is 0 Å². The lowest BCUT2D eigenvalue weighted by atomic mass is 9.84. The molecule has 5 N–H and O–H groups in total. The van der Waals surface area contributed by atoms with Gasteiger partial charge in [0.2, 0.25) is 5.91 Å². The highest BCUT2D eigenvalue weighted by Gasteiger charge is 2.27. The van der Waals surface area contributed by atoms with Crippen LogP contribution in [0.5, 0.6) is 0 Å². The molecule has 2 heterocycles. The molecule has 33 heavy (non-hydrogen) atoms. The lowest BCUT2D eigenvalue weighted by molar-refractivity contribution is -0.118. The summed E-state index contributed by atoms with van der Waals surface area (Å²) in [6.45, 7) is 0. The molecular weight excluding hydrogens is 421 g/mol. The smallest absolute Gasteiger partial charge is 0.272 e. The summed E-state index contributed by atoms with van der Waals surface area (Å²) >= 11 is 0. The molecule has 1 atom stereocenters. The van der Waals surface area contributed by atoms with E-state index in [1.807, 2.05) is 36.4 Å². The number of aromatic amines is 1. The first-order valence-electron chi connectivity index (χ1n) is 11.1. The molecule has 7 nitrogen and oxygen atoms in total. The zero-order valence-electron chi connectivity index (χ0n) is 18.5. The number of nitrogens with two attached hydrogens (primary N) is 1. The van der Waals surface area contributed by atoms with Crippen molar-refractivity contribution in [1.82, 2.24) is 10.4 Å². The Balaban J connectivity index is 0.00000105. The van der Waals surface area contributed by atoms with Crippen LogP contribution < -0.4 is 16.5 Å². The summed E-state index contributed by atoms with van der Waals surface area (Å²) in [5.41, 5.74) is 13.3. The second-order valence-electron chi connectivity index (χ2n) is 8.34. The minimum Gasteiger partial charge on any atom is -0.354 e. The number of carbonyl (C=O) groups is 2. The Morgan fingerprint density at radius 3 is 2.64 bits per heavy atom. The van der Waals surface area contributed by atoms with Crippen LogP contribution in [0, 0.1) is 5.92 Å². The third-order valence-corrected chi connectivity index (χ3v) is 6.33. The van der Waals surface area contributed by atoms with E-state index in [1.54, 1.807) is 12.3 Å². The number of H-pyrrole nitrogens is 1. The molecule has 0 radical (unpaired) electrons. The van der Waals surface area contributed by atoms with Crippen LogP contribution in [0.1, 0.15) is 55.5 Å². The predicted molar refractivity (Wildman–Crippen MR) is 131 cm³/mol. The van der Waals surface area contributed by atoms with Crippen LogP contribution in [0.25, 0.3) is 22.2 Å². The van der Waals surface area contributed by atoms with Gasteiger partial charge in [-0.05, 0) is 36.5 Å². The fourth-order valence-electron chi connectivity index (χ4n) is 4.72. The van der Waals surface area contributed by atoms with Crippen molar-refractivity contribution < 1.29 is 14.3 Å². The van der Waals surface area contributed by atoms with Gasteiger partial charge in [0.25, 0.3) is 7.36 Å². The number of hydrogen-bond donors (Lipinski definition) is 4. The third-order valence-electron chi connectivity index (χ3n) is 6.33. The van der Waals surface area contributed by atoms with E-state index in [0.717, 1.165) is 53.4 Å². The van der Waals surface area contributed by atoms with Crippen LogP contribution in [0.2, 0.25) is 0 Å². The van der Waals surface area contributed by atoms with E-state index in [4.69, 9.17) is 10.5 Å². The maximum atomic E-state index is 12.8. The van der Waals surface area contributed by atoms with Gasteiger partial charge in [-0.15, -0.1) is 0 Å². The van der Waals surface area contributed by atoms with Crippen molar-refractivity contribution in [2.24, 2.45) is 16.8 Å². The minimum absolute atomic E-state index is 0. The van der Waals surface area contributed by atoms with Gasteiger partial charge in [-0.25, -0.2) is 5.43 Å². The van der Waals surface area contributed by atoms with E-state index in [0.29, 0.717) is 11.3 Å². The number of hydrazone groups is 1. The maximum Gasteiger partial charge on any atom is 0.272 e. The average Bonchev–Trinajstić information content (AvgIpc) is 3.14. The monoisotopic (exact) mass is 453 g/mol. The van der Waals surface area contributed by atoms with Crippen LogP contribution in [-0.2, 0) is 4.79 Å². The van der Waals surface area contributed by atoms with Crippen LogP contribution in [0.3, 0.4) is 0 Å². The van der Waals surface area contributed by atoms with Crippen molar-refractivity contribution in [1.29, 1.82) is 1.45 Å². The molecule has 0 bridgehead atoms. The second kappa shape index (κ2) is 9.95. The lowest BCUT2D eigenvalue weighted by Gasteiger charge is -2.26. The first kappa shape index (κ1) is 22.7. The van der Waals surface area contributed by atoms with Crippen molar-refractivity contribution in [3.05, 3.63) is 53.6 Å². The molecule has 1 fully saturated rings. The van der Waals surface area contributed by atoms with E-state index in [2.05, 4.69) is 22.3 Å². The highest BCUT2D eigenvalue weighted by Crippen LogP contribution is 2.34. The summed E-state index contributed by atoms with van der Waals surface area (Å²) in [4.78, 5) is 28.9. The maximum absolute atomic E-state index is 12.8. The number of nitrogens with zero attached hydrogens (tertiary/aromatic N) is 1. The fourth-order valence-corrected chi connectivity index (χ4v) is 4.72. The molecule has 2 aliphatic rings. The lowest BCUT2D eigenvalue weighted by Crippen LogP contribution is -2.42. The number of anilines is 1. The molecule has 3 aromatic rings. The quantitative estimate of drug-likeness (QED) is 0.465. The average molecular weight is 454 g/mol. The van der Waals surface area contributed by atoms with Gasteiger partial charge < -0.3 is 16.0 Å². The van der Waals surface area contributed by atoms with Gasteiger partial charge in [-0.2, -0.15) is 5.10 Å². The van der Waals surface area contributed by atoms with E-state index in [-0.39, 0.29) is 25.2 Å². The molecule has 0 spiro atoms. The number of amides is 2. The standard InChI is InChI=1S/C24H25N5O2.CH4.FH/c25-21(14-7-3-1-4-8-14)24(31)27-16-11-17-20-18(13-26-29-23(17)30)22(28-19(20)12-16)15-9-5-2-6-10-15;;/h2,5-6,9-14,21,28H,1,3-4,7-8,25H2,(H,27,31)(H,29,30);1H4;1H/t21-;;/m1../s1/i/hT. The van der Waals surface area contributed by atoms with Crippen LogP contribution in [0.4, 0.5) is 10.4 Å². The summed E-state index contributed by atoms with van der Waals surface area (Å²) in [6.07, 6.45) is 7.08. The van der Waals surface area contributed by atoms with Crippen molar-refractivity contribution in [2.75, 3.05) is 5.32 Å². The van der Waals surface area contributed by atoms with E-state index in [9.17, 15) is 9.59 Å². The number of benzene rings is 2. The van der Waals surface area contributed by atoms with Crippen molar-refractivity contribution in [2.45, 2.75) is 45.6 Å². The summed E-state index contributed by atoms with van der Waals surface area (Å²) in [5, 5.41) is 7.80. The van der Waals surface area contributed by atoms with Gasteiger partial charge in [0.15, 0.2) is 0 Å². The Labute approximate surface area is 193 Å². The van der Waals surface area contributed by atoms with Crippen LogP contribution in [-0.4, -0.2) is 30.5 Å². The second-order valence-corrected chi connectivity index (χ2v) is 8.34. The zero-order valence-corrected chi connectivity index (χ0v) is 17.5. The number of carbonyl (C=O) groups excluding carboxylic acids is 2. The third kappa shape index (κ3) is 4.52. The van der Waals surface area contributed by atoms with Crippen molar-refractivity contribution in [3.63, 3.8) is 0 Å².